The summed E-state index contributed by atoms with van der Waals surface area (Å²) in [5, 5.41) is 30.5. The Balaban J connectivity index is 0.000000234. The minimum absolute atomic E-state index is 0. The molecule has 3 heterocycles. The quantitative estimate of drug-likeness (QED) is 0.107. The van der Waals surface area contributed by atoms with Gasteiger partial charge in [0, 0.05) is 17.5 Å². The third-order valence-corrected chi connectivity index (χ3v) is 10.3. The van der Waals surface area contributed by atoms with Gasteiger partial charge in [-0.1, -0.05) is 59.7 Å². The molecule has 0 saturated carbocycles. The lowest BCUT2D eigenvalue weighted by Crippen LogP contribution is -2.43. The second-order valence-electron chi connectivity index (χ2n) is 15.1. The van der Waals surface area contributed by atoms with Gasteiger partial charge in [0.15, 0.2) is 0 Å². The number of hydrogen-bond donors (Lipinski definition) is 3. The first-order valence-corrected chi connectivity index (χ1v) is 18.2. The van der Waals surface area contributed by atoms with E-state index in [9.17, 15) is 58.3 Å². The summed E-state index contributed by atoms with van der Waals surface area (Å²) in [4.78, 5) is 4.75. The Hall–Kier alpha value is -4.79. The van der Waals surface area contributed by atoms with Crippen LogP contribution in [-0.2, 0) is 37.1 Å². The molecule has 1 unspecified atom stereocenters. The van der Waals surface area contributed by atoms with Crippen LogP contribution in [0.3, 0.4) is 0 Å². The van der Waals surface area contributed by atoms with Gasteiger partial charge in [0.1, 0.15) is 16.8 Å². The van der Waals surface area contributed by atoms with Crippen LogP contribution in [0.2, 0.25) is 0 Å². The Bertz CT molecular complexity index is 2410. The normalized spacial score (nSPS) is 18.5. The summed E-state index contributed by atoms with van der Waals surface area (Å²) in [6, 6.07) is 13.8. The largest absolute Gasteiger partial charge is 0.492 e. The zero-order valence-electron chi connectivity index (χ0n) is 33.1. The van der Waals surface area contributed by atoms with Crippen molar-refractivity contribution in [1.82, 2.24) is 0 Å². The van der Waals surface area contributed by atoms with E-state index in [4.69, 9.17) is 31.2 Å². The highest BCUT2D eigenvalue weighted by Gasteiger charge is 2.63. The molecule has 0 aromatic heterocycles. The van der Waals surface area contributed by atoms with Gasteiger partial charge in [-0.3, -0.25) is 5.41 Å². The number of rotatable bonds is 4. The van der Waals surface area contributed by atoms with E-state index < -0.39 is 84.3 Å². The van der Waals surface area contributed by atoms with E-state index in [-0.39, 0.29) is 39.1 Å². The average molecular weight is 907 g/mol. The van der Waals surface area contributed by atoms with Gasteiger partial charge in [-0.15, -0.1) is 0 Å². The van der Waals surface area contributed by atoms with Crippen LogP contribution < -0.4 is 10.9 Å². The van der Waals surface area contributed by atoms with Gasteiger partial charge in [-0.05, 0) is 110 Å². The molecule has 62 heavy (non-hydrogen) atoms. The van der Waals surface area contributed by atoms with Gasteiger partial charge in [-0.25, -0.2) is 8.78 Å². The van der Waals surface area contributed by atoms with Crippen LogP contribution in [0.4, 0.5) is 48.3 Å². The van der Waals surface area contributed by atoms with Crippen molar-refractivity contribution in [2.45, 2.75) is 76.4 Å². The molecule has 0 radical (unpaired) electrons. The topological polar surface area (TPSA) is 136 Å². The highest BCUT2D eigenvalue weighted by atomic mass is 35.5. The molecule has 1 atom stereocenters. The van der Waals surface area contributed by atoms with Gasteiger partial charge in [0.25, 0.3) is 5.60 Å². The van der Waals surface area contributed by atoms with Gasteiger partial charge in [0.2, 0.25) is 0 Å². The summed E-state index contributed by atoms with van der Waals surface area (Å²) in [7, 11) is -2.08. The van der Waals surface area contributed by atoms with E-state index in [1.165, 1.54) is 25.1 Å². The maximum Gasteiger partial charge on any atom is 0.492 e. The Labute approximate surface area is 353 Å². The first-order valence-electron chi connectivity index (χ1n) is 17.9. The van der Waals surface area contributed by atoms with Crippen LogP contribution in [0.1, 0.15) is 78.6 Å². The molecule has 3 aliphatic rings. The lowest BCUT2D eigenvalue weighted by molar-refractivity contribution is -0.276. The fraction of sp³-hybridized carbons (Fsp3) is 0.300. The summed E-state index contributed by atoms with van der Waals surface area (Å²) in [6.07, 6.45) is -15.7. The molecule has 4 aromatic rings. The molecule has 0 aliphatic carbocycles. The lowest BCUT2D eigenvalue weighted by atomic mass is 9.77. The van der Waals surface area contributed by atoms with E-state index in [0.717, 1.165) is 29.2 Å². The number of nitrogens with zero attached hydrogens (tertiary/aromatic N) is 1. The molecule has 332 valence electrons. The molecule has 7 rings (SSSR count). The third-order valence-electron chi connectivity index (χ3n) is 10.1. The summed E-state index contributed by atoms with van der Waals surface area (Å²) < 4.78 is 155. The molecule has 0 fully saturated rings. The maximum atomic E-state index is 14.1. The molecule has 0 saturated heterocycles. The van der Waals surface area contributed by atoms with Crippen molar-refractivity contribution in [1.29, 1.82) is 5.41 Å². The summed E-state index contributed by atoms with van der Waals surface area (Å²) in [5.41, 5.74) is -5.02. The standard InChI is InChI=1S/C20H15BF7NO3.C10H11BClNO2.C10H8F4.H2O/c1-17(2)12-7-10(3-5-14(12)21(30)31-17)16-9-18(32-29-16,20(26,27)28)11-4-6-15(22)13(8-11)19(23,24)25;1-10(2)7-5-6(9(12)13)3-4-8(7)11(14)15-10;1-6-5-8(3-4-9(6)11)7(2)10(12,13)14;/h3-8,30H,9H2,1-2H3;3-5,13-14H,1-2H3;3-5H,2H2,1H3;1H2. The van der Waals surface area contributed by atoms with Gasteiger partial charge < -0.3 is 29.7 Å². The average Bonchev–Trinajstić information content (AvgIpc) is 3.78. The molecule has 3 aliphatic heterocycles. The van der Waals surface area contributed by atoms with Crippen LogP contribution >= 0.6 is 11.6 Å². The number of fused-ring (bicyclic) bond motifs is 2. The zero-order chi connectivity index (χ0) is 45.8. The minimum atomic E-state index is -5.19. The number of hydrogen-bond acceptors (Lipinski definition) is 7. The van der Waals surface area contributed by atoms with E-state index in [1.807, 2.05) is 13.8 Å². The van der Waals surface area contributed by atoms with Crippen molar-refractivity contribution in [3.05, 3.63) is 136 Å². The van der Waals surface area contributed by atoms with Crippen LogP contribution in [0.15, 0.2) is 84.5 Å². The number of nitrogens with one attached hydrogen (secondary N) is 1. The molecule has 0 bridgehead atoms. The Morgan fingerprint density at radius 1 is 0.758 bits per heavy atom. The summed E-state index contributed by atoms with van der Waals surface area (Å²) >= 11 is 5.61. The molecule has 8 nitrogen and oxygen atoms in total. The number of allylic oxidation sites excluding steroid dienone is 1. The predicted molar refractivity (Wildman–Crippen MR) is 210 cm³/mol. The predicted octanol–water partition coefficient (Wildman–Crippen LogP) is 8.47. The first kappa shape index (κ1) is 49.9. The second-order valence-corrected chi connectivity index (χ2v) is 15.5. The van der Waals surface area contributed by atoms with Crippen molar-refractivity contribution in [3.8, 4) is 0 Å². The highest BCUT2D eigenvalue weighted by Crippen LogP contribution is 2.50. The Morgan fingerprint density at radius 3 is 1.77 bits per heavy atom. The first-order chi connectivity index (χ1) is 27.9. The molecule has 5 N–H and O–H groups in total. The molecule has 4 aromatic carbocycles. The maximum absolute atomic E-state index is 14.1. The van der Waals surface area contributed by atoms with Crippen LogP contribution in [-0.4, -0.2) is 53.0 Å². The van der Waals surface area contributed by atoms with Gasteiger partial charge >= 0.3 is 32.8 Å². The van der Waals surface area contributed by atoms with E-state index >= 15 is 0 Å². The van der Waals surface area contributed by atoms with Crippen molar-refractivity contribution in [2.75, 3.05) is 0 Å². The summed E-state index contributed by atoms with van der Waals surface area (Å²) in [6.45, 7) is 11.4. The van der Waals surface area contributed by atoms with Crippen LogP contribution in [0, 0.1) is 24.0 Å². The molecule has 22 heteroatoms. The Kier molecular flexibility index (Phi) is 14.0. The number of benzene rings is 4. The molecular weight excluding hydrogens is 871 g/mol. The van der Waals surface area contributed by atoms with Crippen molar-refractivity contribution < 1.29 is 78.0 Å². The SMILES string of the molecule is C=C(c1ccc(F)c(C)c1)C(F)(F)F.CC1(C)OB(O)c2ccc(C(=N)Cl)cc21.CC1(C)OB(O)c2ccc(C3=NOC(c4ccc(F)c(C(F)(F)F)c4)(C(F)(F)F)C3)cc21.O. The Morgan fingerprint density at radius 2 is 1.27 bits per heavy atom. The lowest BCUT2D eigenvalue weighted by Gasteiger charge is -2.30. The second kappa shape index (κ2) is 17.4. The monoisotopic (exact) mass is 906 g/mol. The number of halogens is 12. The fourth-order valence-electron chi connectivity index (χ4n) is 6.76. The number of alkyl halides is 9. The smallest absolute Gasteiger partial charge is 0.423 e. The highest BCUT2D eigenvalue weighted by molar-refractivity contribution is 6.69. The van der Waals surface area contributed by atoms with Crippen molar-refractivity contribution in [2.24, 2.45) is 5.16 Å². The minimum Gasteiger partial charge on any atom is -0.423 e. The molecule has 0 amide bonds. The van der Waals surface area contributed by atoms with E-state index in [0.29, 0.717) is 28.7 Å². The fourth-order valence-corrected chi connectivity index (χ4v) is 6.88. The summed E-state index contributed by atoms with van der Waals surface area (Å²) in [5.74, 6) is -2.22. The van der Waals surface area contributed by atoms with Crippen molar-refractivity contribution in [3.63, 3.8) is 0 Å². The third kappa shape index (κ3) is 10.0. The van der Waals surface area contributed by atoms with Crippen molar-refractivity contribution >= 4 is 53.2 Å². The van der Waals surface area contributed by atoms with E-state index in [2.05, 4.69) is 11.7 Å². The number of aryl methyl sites for hydroxylation is 1. The van der Waals surface area contributed by atoms with Crippen LogP contribution in [0.25, 0.3) is 5.57 Å². The number of oxime groups is 1. The zero-order valence-corrected chi connectivity index (χ0v) is 33.9. The van der Waals surface area contributed by atoms with E-state index in [1.54, 1.807) is 32.0 Å². The molecular formula is C40H36B2ClF11N2O6. The van der Waals surface area contributed by atoms with Gasteiger partial charge in [0.05, 0.1) is 28.1 Å². The molecule has 0 spiro atoms. The van der Waals surface area contributed by atoms with Gasteiger partial charge in [-0.2, -0.15) is 39.5 Å². The van der Waals surface area contributed by atoms with Crippen LogP contribution in [0.5, 0.6) is 0 Å².